The van der Waals surface area contributed by atoms with Crippen LogP contribution in [0, 0.1) is 11.3 Å². The molecule has 1 aromatic heterocycles. The minimum atomic E-state index is -4.78. The van der Waals surface area contributed by atoms with Crippen molar-refractivity contribution < 1.29 is 18.0 Å². The highest BCUT2D eigenvalue weighted by Crippen LogP contribution is 2.45. The number of carbonyl (C=O) groups is 1. The number of nitriles is 1. The number of aromatic nitrogens is 2. The third-order valence-electron chi connectivity index (χ3n) is 8.62. The first kappa shape index (κ1) is 30.5. The van der Waals surface area contributed by atoms with Gasteiger partial charge >= 0.3 is 6.18 Å². The molecule has 6 aromatic rings. The summed E-state index contributed by atoms with van der Waals surface area (Å²) in [5.74, 6) is -0.776. The molecule has 7 rings (SSSR count). The molecular weight excluding hydrogens is 623 g/mol. The maximum atomic E-state index is 13.8. The predicted octanol–water partition coefficient (Wildman–Crippen LogP) is 9.16. The van der Waals surface area contributed by atoms with Crippen LogP contribution in [0.2, 0.25) is 5.02 Å². The Bertz CT molecular complexity index is 2160. The van der Waals surface area contributed by atoms with Crippen LogP contribution in [0.25, 0.3) is 27.2 Å². The third kappa shape index (κ3) is 5.71. The first-order valence-electron chi connectivity index (χ1n) is 15.0. The molecule has 1 aliphatic carbocycles. The van der Waals surface area contributed by atoms with Crippen molar-refractivity contribution in [3.05, 3.63) is 136 Å². The minimum absolute atomic E-state index is 0.158. The SMILES string of the molecule is CN(C1CC1)C(c1cccc(NC(=O)c2cc(C(F)(F)F)nn2-c2cccc(C#N)c2)c1)c1c2ccccc2c(Cl)c2ccccc12. The topological polar surface area (TPSA) is 74.0 Å². The van der Waals surface area contributed by atoms with Crippen molar-refractivity contribution in [2.24, 2.45) is 0 Å². The average Bonchev–Trinajstić information content (AvgIpc) is 3.83. The van der Waals surface area contributed by atoms with Gasteiger partial charge in [-0.25, -0.2) is 4.68 Å². The van der Waals surface area contributed by atoms with Gasteiger partial charge in [0.25, 0.3) is 5.91 Å². The number of nitrogens with zero attached hydrogens (tertiary/aromatic N) is 4. The number of carbonyl (C=O) groups excluding carboxylic acids is 1. The molecule has 1 unspecified atom stereocenters. The Morgan fingerprint density at radius 1 is 0.936 bits per heavy atom. The number of hydrogen-bond acceptors (Lipinski definition) is 4. The summed E-state index contributed by atoms with van der Waals surface area (Å²) in [5, 5.41) is 20.4. The molecule has 234 valence electrons. The Morgan fingerprint density at radius 3 is 2.19 bits per heavy atom. The molecule has 5 aromatic carbocycles. The highest BCUT2D eigenvalue weighted by atomic mass is 35.5. The maximum Gasteiger partial charge on any atom is 0.435 e. The molecule has 1 heterocycles. The summed E-state index contributed by atoms with van der Waals surface area (Å²) in [6.07, 6.45) is -2.66. The first-order valence-corrected chi connectivity index (χ1v) is 15.4. The van der Waals surface area contributed by atoms with Crippen LogP contribution in [0.1, 0.15) is 51.8 Å². The number of rotatable bonds is 7. The fraction of sp³-hybridized carbons (Fsp3) is 0.162. The number of alkyl halides is 3. The number of anilines is 1. The Morgan fingerprint density at radius 2 is 1.57 bits per heavy atom. The maximum absolute atomic E-state index is 13.8. The van der Waals surface area contributed by atoms with Crippen LogP contribution in [0.5, 0.6) is 0 Å². The van der Waals surface area contributed by atoms with Gasteiger partial charge in [0.05, 0.1) is 28.4 Å². The molecule has 47 heavy (non-hydrogen) atoms. The van der Waals surface area contributed by atoms with Gasteiger partial charge in [0.2, 0.25) is 0 Å². The summed E-state index contributed by atoms with van der Waals surface area (Å²) in [6, 6.07) is 32.2. The smallest absolute Gasteiger partial charge is 0.321 e. The van der Waals surface area contributed by atoms with E-state index in [1.165, 1.54) is 24.3 Å². The van der Waals surface area contributed by atoms with E-state index in [1.54, 1.807) is 6.07 Å². The fourth-order valence-electron chi connectivity index (χ4n) is 6.27. The number of amides is 1. The number of benzene rings is 5. The van der Waals surface area contributed by atoms with Crippen LogP contribution >= 0.6 is 11.6 Å². The molecule has 1 fully saturated rings. The summed E-state index contributed by atoms with van der Waals surface area (Å²) in [5.41, 5.74) is 1.25. The zero-order chi connectivity index (χ0) is 32.9. The Labute approximate surface area is 273 Å². The van der Waals surface area contributed by atoms with E-state index < -0.39 is 17.8 Å². The van der Waals surface area contributed by atoms with Crippen LogP contribution in [-0.2, 0) is 6.18 Å². The van der Waals surface area contributed by atoms with Crippen LogP contribution in [0.3, 0.4) is 0 Å². The van der Waals surface area contributed by atoms with Crippen molar-refractivity contribution in [1.82, 2.24) is 14.7 Å². The number of halogens is 4. The van der Waals surface area contributed by atoms with E-state index in [2.05, 4.69) is 34.5 Å². The van der Waals surface area contributed by atoms with E-state index in [-0.39, 0.29) is 23.0 Å². The molecule has 1 saturated carbocycles. The van der Waals surface area contributed by atoms with Gasteiger partial charge in [0.1, 0.15) is 5.69 Å². The Kier molecular flexibility index (Phi) is 7.71. The third-order valence-corrected chi connectivity index (χ3v) is 9.03. The van der Waals surface area contributed by atoms with Crippen LogP contribution in [0.15, 0.2) is 103 Å². The zero-order valence-electron chi connectivity index (χ0n) is 25.1. The molecule has 1 N–H and O–H groups in total. The van der Waals surface area contributed by atoms with Gasteiger partial charge in [0, 0.05) is 28.6 Å². The van der Waals surface area contributed by atoms with E-state index in [4.69, 9.17) is 11.6 Å². The summed E-state index contributed by atoms with van der Waals surface area (Å²) in [6.45, 7) is 0. The highest BCUT2D eigenvalue weighted by molar-refractivity contribution is 6.41. The van der Waals surface area contributed by atoms with Crippen LogP contribution in [-0.4, -0.2) is 33.7 Å². The fourth-order valence-corrected chi connectivity index (χ4v) is 6.60. The van der Waals surface area contributed by atoms with Gasteiger partial charge in [-0.2, -0.15) is 23.5 Å². The second-order valence-corrected chi connectivity index (χ2v) is 12.1. The van der Waals surface area contributed by atoms with E-state index in [0.29, 0.717) is 22.8 Å². The average molecular weight is 650 g/mol. The van der Waals surface area contributed by atoms with Gasteiger partial charge in [0.15, 0.2) is 5.69 Å². The zero-order valence-corrected chi connectivity index (χ0v) is 25.8. The normalized spacial score (nSPS) is 14.0. The van der Waals surface area contributed by atoms with Crippen molar-refractivity contribution >= 4 is 44.7 Å². The Hall–Kier alpha value is -5.17. The lowest BCUT2D eigenvalue weighted by atomic mass is 9.87. The molecule has 6 nitrogen and oxygen atoms in total. The van der Waals surface area contributed by atoms with Crippen molar-refractivity contribution in [2.45, 2.75) is 31.1 Å². The monoisotopic (exact) mass is 649 g/mol. The second kappa shape index (κ2) is 11.9. The second-order valence-electron chi connectivity index (χ2n) is 11.7. The van der Waals surface area contributed by atoms with Crippen molar-refractivity contribution in [2.75, 3.05) is 12.4 Å². The van der Waals surface area contributed by atoms with Gasteiger partial charge in [-0.3, -0.25) is 9.69 Å². The van der Waals surface area contributed by atoms with Crippen molar-refractivity contribution in [1.29, 1.82) is 5.26 Å². The van der Waals surface area contributed by atoms with Gasteiger partial charge in [-0.1, -0.05) is 78.3 Å². The summed E-state index contributed by atoms with van der Waals surface area (Å²) < 4.78 is 42.2. The van der Waals surface area contributed by atoms with Gasteiger partial charge in [-0.15, -0.1) is 0 Å². The predicted molar refractivity (Wildman–Crippen MR) is 177 cm³/mol. The highest BCUT2D eigenvalue weighted by Gasteiger charge is 2.37. The van der Waals surface area contributed by atoms with Gasteiger partial charge < -0.3 is 5.32 Å². The molecule has 0 radical (unpaired) electrons. The number of fused-ring (bicyclic) bond motifs is 2. The Balaban J connectivity index is 1.32. The standard InChI is InChI=1S/C37H27ClF3N5O/c1-45(25-16-17-25)35(33-27-12-2-4-14-29(27)34(38)30-15-5-3-13-28(30)33)23-9-7-10-24(19-23)43-36(47)31-20-32(37(39,40)41)44-46(31)26-11-6-8-22(18-26)21-42/h2-15,18-20,25,35H,16-17H2,1H3,(H,43,47). The summed E-state index contributed by atoms with van der Waals surface area (Å²) in [4.78, 5) is 16.0. The van der Waals surface area contributed by atoms with E-state index in [9.17, 15) is 23.2 Å². The summed E-state index contributed by atoms with van der Waals surface area (Å²) in [7, 11) is 2.10. The molecule has 0 spiro atoms. The number of nitrogens with one attached hydrogen (secondary N) is 1. The molecular formula is C37H27ClF3N5O. The summed E-state index contributed by atoms with van der Waals surface area (Å²) >= 11 is 6.94. The largest absolute Gasteiger partial charge is 0.435 e. The van der Waals surface area contributed by atoms with Crippen LogP contribution < -0.4 is 5.32 Å². The van der Waals surface area contributed by atoms with Crippen molar-refractivity contribution in [3.8, 4) is 11.8 Å². The van der Waals surface area contributed by atoms with Crippen molar-refractivity contribution in [3.63, 3.8) is 0 Å². The molecule has 10 heteroatoms. The molecule has 0 bridgehead atoms. The molecule has 1 aliphatic rings. The van der Waals surface area contributed by atoms with E-state index in [1.807, 2.05) is 60.7 Å². The molecule has 0 saturated heterocycles. The van der Waals surface area contributed by atoms with Gasteiger partial charge in [-0.05, 0) is 72.1 Å². The van der Waals surface area contributed by atoms with E-state index in [0.717, 1.165) is 50.2 Å². The molecule has 1 amide bonds. The molecule has 0 aliphatic heterocycles. The molecule has 1 atom stereocenters. The van der Waals surface area contributed by atoms with Crippen LogP contribution in [0.4, 0.5) is 18.9 Å². The minimum Gasteiger partial charge on any atom is -0.321 e. The lowest BCUT2D eigenvalue weighted by Gasteiger charge is -2.32. The number of hydrogen-bond donors (Lipinski definition) is 1. The first-order chi connectivity index (χ1) is 22.6. The quantitative estimate of drug-likeness (QED) is 0.175. The lowest BCUT2D eigenvalue weighted by Crippen LogP contribution is -2.28. The van der Waals surface area contributed by atoms with E-state index >= 15 is 0 Å². The lowest BCUT2D eigenvalue weighted by molar-refractivity contribution is -0.141.